The lowest BCUT2D eigenvalue weighted by atomic mass is 10.0. The first-order valence-corrected chi connectivity index (χ1v) is 6.19. The van der Waals surface area contributed by atoms with Crippen LogP contribution in [0.3, 0.4) is 0 Å². The molecule has 0 heterocycles. The predicted octanol–water partition coefficient (Wildman–Crippen LogP) is 3.07. The van der Waals surface area contributed by atoms with Crippen LogP contribution in [0, 0.1) is 0 Å². The van der Waals surface area contributed by atoms with Crippen molar-refractivity contribution in [2.45, 2.75) is 18.9 Å². The van der Waals surface area contributed by atoms with Gasteiger partial charge in [-0.2, -0.15) is 0 Å². The average Bonchev–Trinajstić information content (AvgIpc) is 2.41. The van der Waals surface area contributed by atoms with Crippen LogP contribution in [-0.4, -0.2) is 13.2 Å². The van der Waals surface area contributed by atoms with Gasteiger partial charge in [0.05, 0.1) is 6.10 Å². The quantitative estimate of drug-likeness (QED) is 0.816. The predicted molar refractivity (Wildman–Crippen MR) is 75.5 cm³/mol. The van der Waals surface area contributed by atoms with E-state index in [-0.39, 0.29) is 6.10 Å². The van der Waals surface area contributed by atoms with Crippen molar-refractivity contribution >= 4 is 5.69 Å². The lowest BCUT2D eigenvalue weighted by molar-refractivity contribution is 0.103. The summed E-state index contributed by atoms with van der Waals surface area (Å²) in [5.74, 6) is 0. The summed E-state index contributed by atoms with van der Waals surface area (Å²) in [5.41, 5.74) is 9.25. The highest BCUT2D eigenvalue weighted by molar-refractivity contribution is 5.46. The third-order valence-corrected chi connectivity index (χ3v) is 3.14. The molecule has 0 radical (unpaired) electrons. The molecule has 1 unspecified atom stereocenters. The molecule has 94 valence electrons. The van der Waals surface area contributed by atoms with Crippen LogP contribution in [0.4, 0.5) is 5.69 Å². The van der Waals surface area contributed by atoms with Crippen LogP contribution in [0.25, 0.3) is 0 Å². The Morgan fingerprint density at radius 2 is 1.61 bits per heavy atom. The molecule has 18 heavy (non-hydrogen) atoms. The van der Waals surface area contributed by atoms with Crippen LogP contribution in [0.2, 0.25) is 0 Å². The summed E-state index contributed by atoms with van der Waals surface area (Å²) in [6.07, 6.45) is 1.92. The Labute approximate surface area is 108 Å². The summed E-state index contributed by atoms with van der Waals surface area (Å²) in [4.78, 5) is 0. The summed E-state index contributed by atoms with van der Waals surface area (Å²) < 4.78 is 5.56. The molecular weight excluding hydrogens is 222 g/mol. The van der Waals surface area contributed by atoms with E-state index in [4.69, 9.17) is 10.5 Å². The van der Waals surface area contributed by atoms with Crippen molar-refractivity contribution < 1.29 is 4.74 Å². The SMILES string of the molecule is COC(Cc1ccccc1)Cc1ccccc1N. The number of para-hydroxylation sites is 1. The smallest absolute Gasteiger partial charge is 0.0652 e. The maximum Gasteiger partial charge on any atom is 0.0652 e. The van der Waals surface area contributed by atoms with Gasteiger partial charge in [-0.05, 0) is 23.6 Å². The van der Waals surface area contributed by atoms with E-state index in [0.717, 1.165) is 24.1 Å². The average molecular weight is 241 g/mol. The second-order valence-corrected chi connectivity index (χ2v) is 4.45. The maximum absolute atomic E-state index is 5.96. The lowest BCUT2D eigenvalue weighted by Gasteiger charge is -2.16. The summed E-state index contributed by atoms with van der Waals surface area (Å²) in [6, 6.07) is 18.4. The number of nitrogens with two attached hydrogens (primary N) is 1. The molecule has 0 bridgehead atoms. The molecule has 0 saturated carbocycles. The minimum absolute atomic E-state index is 0.164. The Bertz CT molecular complexity index is 481. The number of rotatable bonds is 5. The molecule has 0 fully saturated rings. The fourth-order valence-electron chi connectivity index (χ4n) is 2.08. The first kappa shape index (κ1) is 12.7. The number of hydrogen-bond donors (Lipinski definition) is 1. The molecule has 0 amide bonds. The minimum Gasteiger partial charge on any atom is -0.399 e. The highest BCUT2D eigenvalue weighted by Gasteiger charge is 2.11. The van der Waals surface area contributed by atoms with E-state index in [0.29, 0.717) is 0 Å². The Kier molecular flexibility index (Phi) is 4.37. The van der Waals surface area contributed by atoms with Gasteiger partial charge in [-0.15, -0.1) is 0 Å². The summed E-state index contributed by atoms with van der Waals surface area (Å²) in [7, 11) is 1.76. The molecule has 0 aromatic heterocycles. The second-order valence-electron chi connectivity index (χ2n) is 4.45. The van der Waals surface area contributed by atoms with E-state index in [1.54, 1.807) is 7.11 Å². The molecule has 0 aliphatic carbocycles. The number of anilines is 1. The van der Waals surface area contributed by atoms with E-state index in [1.807, 2.05) is 24.3 Å². The Hall–Kier alpha value is -1.80. The van der Waals surface area contributed by atoms with Crippen molar-refractivity contribution in [2.24, 2.45) is 0 Å². The Morgan fingerprint density at radius 1 is 0.944 bits per heavy atom. The highest BCUT2D eigenvalue weighted by atomic mass is 16.5. The number of methoxy groups -OCH3 is 1. The largest absolute Gasteiger partial charge is 0.399 e. The van der Waals surface area contributed by atoms with Gasteiger partial charge in [-0.3, -0.25) is 0 Å². The zero-order valence-corrected chi connectivity index (χ0v) is 10.7. The van der Waals surface area contributed by atoms with Crippen molar-refractivity contribution in [3.63, 3.8) is 0 Å². The van der Waals surface area contributed by atoms with Crippen LogP contribution in [0.15, 0.2) is 54.6 Å². The number of benzene rings is 2. The molecule has 0 aliphatic rings. The Balaban J connectivity index is 2.04. The molecule has 0 saturated heterocycles. The molecule has 0 aliphatic heterocycles. The topological polar surface area (TPSA) is 35.2 Å². The third kappa shape index (κ3) is 3.34. The first-order valence-electron chi connectivity index (χ1n) is 6.19. The van der Waals surface area contributed by atoms with Crippen molar-refractivity contribution in [3.8, 4) is 0 Å². The van der Waals surface area contributed by atoms with E-state index >= 15 is 0 Å². The van der Waals surface area contributed by atoms with Crippen molar-refractivity contribution in [2.75, 3.05) is 12.8 Å². The van der Waals surface area contributed by atoms with E-state index in [9.17, 15) is 0 Å². The fraction of sp³-hybridized carbons (Fsp3) is 0.250. The van der Waals surface area contributed by atoms with Crippen LogP contribution in [-0.2, 0) is 17.6 Å². The van der Waals surface area contributed by atoms with E-state index in [1.165, 1.54) is 5.56 Å². The molecule has 2 aromatic rings. The van der Waals surface area contributed by atoms with Crippen molar-refractivity contribution in [1.82, 2.24) is 0 Å². The van der Waals surface area contributed by atoms with Crippen LogP contribution in [0.1, 0.15) is 11.1 Å². The van der Waals surface area contributed by atoms with Gasteiger partial charge >= 0.3 is 0 Å². The van der Waals surface area contributed by atoms with Crippen molar-refractivity contribution in [3.05, 3.63) is 65.7 Å². The Morgan fingerprint density at radius 3 is 2.28 bits per heavy atom. The van der Waals surface area contributed by atoms with Crippen LogP contribution in [0.5, 0.6) is 0 Å². The molecule has 2 nitrogen and oxygen atoms in total. The summed E-state index contributed by atoms with van der Waals surface area (Å²) in [5, 5.41) is 0. The highest BCUT2D eigenvalue weighted by Crippen LogP contribution is 2.16. The minimum atomic E-state index is 0.164. The molecule has 0 spiro atoms. The molecular formula is C16H19NO. The van der Waals surface area contributed by atoms with Gasteiger partial charge in [0, 0.05) is 19.2 Å². The molecule has 2 aromatic carbocycles. The van der Waals surface area contributed by atoms with Gasteiger partial charge < -0.3 is 10.5 Å². The third-order valence-electron chi connectivity index (χ3n) is 3.14. The number of ether oxygens (including phenoxy) is 1. The number of hydrogen-bond acceptors (Lipinski definition) is 2. The summed E-state index contributed by atoms with van der Waals surface area (Å²) in [6.45, 7) is 0. The fourth-order valence-corrected chi connectivity index (χ4v) is 2.08. The normalized spacial score (nSPS) is 12.3. The van der Waals surface area contributed by atoms with Gasteiger partial charge in [0.25, 0.3) is 0 Å². The van der Waals surface area contributed by atoms with Gasteiger partial charge in [0.2, 0.25) is 0 Å². The summed E-state index contributed by atoms with van der Waals surface area (Å²) >= 11 is 0. The van der Waals surface area contributed by atoms with Crippen LogP contribution >= 0.6 is 0 Å². The molecule has 2 heteroatoms. The molecule has 1 atom stereocenters. The molecule has 2 rings (SSSR count). The van der Waals surface area contributed by atoms with Crippen LogP contribution < -0.4 is 5.73 Å². The zero-order chi connectivity index (χ0) is 12.8. The van der Waals surface area contributed by atoms with Gasteiger partial charge in [0.1, 0.15) is 0 Å². The van der Waals surface area contributed by atoms with Crippen molar-refractivity contribution in [1.29, 1.82) is 0 Å². The maximum atomic E-state index is 5.96. The number of nitrogen functional groups attached to an aromatic ring is 1. The monoisotopic (exact) mass is 241 g/mol. The van der Waals surface area contributed by atoms with Gasteiger partial charge in [-0.1, -0.05) is 48.5 Å². The van der Waals surface area contributed by atoms with Gasteiger partial charge in [0.15, 0.2) is 0 Å². The lowest BCUT2D eigenvalue weighted by Crippen LogP contribution is -2.18. The second kappa shape index (κ2) is 6.22. The van der Waals surface area contributed by atoms with E-state index in [2.05, 4.69) is 30.3 Å². The zero-order valence-electron chi connectivity index (χ0n) is 10.7. The molecule has 2 N–H and O–H groups in total. The first-order chi connectivity index (χ1) is 8.79. The standard InChI is InChI=1S/C16H19NO/c1-18-15(11-13-7-3-2-4-8-13)12-14-9-5-6-10-16(14)17/h2-10,15H,11-12,17H2,1H3. The van der Waals surface area contributed by atoms with E-state index < -0.39 is 0 Å². The van der Waals surface area contributed by atoms with Gasteiger partial charge in [-0.25, -0.2) is 0 Å².